The van der Waals surface area contributed by atoms with Crippen molar-refractivity contribution in [2.45, 2.75) is 51.5 Å². The molecule has 4 heterocycles. The summed E-state index contributed by atoms with van der Waals surface area (Å²) in [5.74, 6) is 0.848. The number of nitrogens with zero attached hydrogens (tertiary/aromatic N) is 4. The molecule has 2 atom stereocenters. The molecule has 1 N–H and O–H groups in total. The number of aryl methyl sites for hydroxylation is 1. The molecule has 8 heteroatoms. The Morgan fingerprint density at radius 3 is 2.70 bits per heavy atom. The summed E-state index contributed by atoms with van der Waals surface area (Å²) in [5, 5.41) is 9.38. The van der Waals surface area contributed by atoms with Gasteiger partial charge in [-0.15, -0.1) is 0 Å². The number of rotatable bonds is 7. The highest BCUT2D eigenvalue weighted by Gasteiger charge is 2.32. The number of hydrogen-bond donors (Lipinski definition) is 1. The number of benzene rings is 1. The minimum absolute atomic E-state index is 0.102. The topological polar surface area (TPSA) is 73.7 Å². The van der Waals surface area contributed by atoms with Gasteiger partial charge in [0.1, 0.15) is 12.0 Å². The van der Waals surface area contributed by atoms with Crippen molar-refractivity contribution in [1.82, 2.24) is 19.7 Å². The van der Waals surface area contributed by atoms with Crippen LogP contribution in [0.5, 0.6) is 5.75 Å². The third-order valence-electron chi connectivity index (χ3n) is 6.59. The lowest BCUT2D eigenvalue weighted by Gasteiger charge is -2.33. The number of pyridine rings is 1. The smallest absolute Gasteiger partial charge is 0.201 e. The Morgan fingerprint density at radius 1 is 1.18 bits per heavy atom. The summed E-state index contributed by atoms with van der Waals surface area (Å²) in [6.07, 6.45) is 9.29. The summed E-state index contributed by atoms with van der Waals surface area (Å²) in [4.78, 5) is 7.01. The molecule has 1 unspecified atom stereocenters. The Kier molecular flexibility index (Phi) is 6.09. The summed E-state index contributed by atoms with van der Waals surface area (Å²) in [7, 11) is 1.68. The molecule has 3 aromatic rings. The fraction of sp³-hybridized carbons (Fsp3) is 0.440. The van der Waals surface area contributed by atoms with E-state index in [1.807, 2.05) is 35.4 Å². The van der Waals surface area contributed by atoms with Gasteiger partial charge in [-0.2, -0.15) is 5.10 Å². The van der Waals surface area contributed by atoms with Crippen LogP contribution in [0.15, 0.2) is 49.1 Å². The van der Waals surface area contributed by atoms with E-state index >= 15 is 0 Å². The van der Waals surface area contributed by atoms with E-state index < -0.39 is 0 Å². The Balaban J connectivity index is 1.51. The van der Waals surface area contributed by atoms with Crippen LogP contribution in [-0.2, 0) is 16.0 Å². The number of nitrogens with one attached hydrogen (secondary N) is 1. The maximum absolute atomic E-state index is 6.14. The predicted octanol–water partition coefficient (Wildman–Crippen LogP) is 4.61. The molecule has 174 valence electrons. The molecular weight excluding hydrogens is 418 g/mol. The van der Waals surface area contributed by atoms with Crippen molar-refractivity contribution in [3.05, 3.63) is 60.2 Å². The van der Waals surface area contributed by atoms with E-state index in [-0.39, 0.29) is 12.3 Å². The van der Waals surface area contributed by atoms with Crippen molar-refractivity contribution in [2.24, 2.45) is 0 Å². The molecule has 0 radical (unpaired) electrons. The van der Waals surface area contributed by atoms with Crippen molar-refractivity contribution in [3.63, 3.8) is 0 Å². The van der Waals surface area contributed by atoms with Crippen LogP contribution in [0.1, 0.15) is 50.1 Å². The number of methoxy groups -OCH3 is 1. The Labute approximate surface area is 194 Å². The first kappa shape index (κ1) is 21.6. The van der Waals surface area contributed by atoms with Crippen LogP contribution in [-0.4, -0.2) is 46.0 Å². The molecule has 0 spiro atoms. The fourth-order valence-corrected chi connectivity index (χ4v) is 4.62. The lowest BCUT2D eigenvalue weighted by atomic mass is 10.0. The monoisotopic (exact) mass is 449 g/mol. The second-order valence-electron chi connectivity index (χ2n) is 8.49. The average molecular weight is 450 g/mol. The molecule has 0 bridgehead atoms. The summed E-state index contributed by atoms with van der Waals surface area (Å²) < 4.78 is 19.0. The van der Waals surface area contributed by atoms with Gasteiger partial charge in [0.25, 0.3) is 0 Å². The normalized spacial score (nSPS) is 19.6. The number of hydrogen-bond acceptors (Lipinski definition) is 7. The number of fused-ring (bicyclic) bond motifs is 1. The minimum atomic E-state index is -0.286. The molecule has 0 amide bonds. The van der Waals surface area contributed by atoms with E-state index in [4.69, 9.17) is 19.2 Å². The summed E-state index contributed by atoms with van der Waals surface area (Å²) in [6, 6.07) is 8.62. The van der Waals surface area contributed by atoms with Crippen LogP contribution in [0.25, 0.3) is 11.0 Å². The van der Waals surface area contributed by atoms with Crippen LogP contribution in [0, 0.1) is 0 Å². The molecule has 1 fully saturated rings. The molecule has 2 aliphatic rings. The molecular formula is C25H31N5O3. The molecule has 8 nitrogen and oxygen atoms in total. The van der Waals surface area contributed by atoms with Crippen LogP contribution >= 0.6 is 0 Å². The predicted molar refractivity (Wildman–Crippen MR) is 127 cm³/mol. The first-order valence-electron chi connectivity index (χ1n) is 11.6. The number of anilines is 1. The van der Waals surface area contributed by atoms with E-state index in [2.05, 4.69) is 41.3 Å². The Morgan fingerprint density at radius 2 is 1.97 bits per heavy atom. The van der Waals surface area contributed by atoms with Gasteiger partial charge in [-0.1, -0.05) is 12.1 Å². The maximum atomic E-state index is 6.14. The van der Waals surface area contributed by atoms with Crippen LogP contribution in [0.3, 0.4) is 0 Å². The Bertz CT molecular complexity index is 1120. The van der Waals surface area contributed by atoms with E-state index in [9.17, 15) is 0 Å². The highest BCUT2D eigenvalue weighted by atomic mass is 16.5. The van der Waals surface area contributed by atoms with Crippen LogP contribution in [0.4, 0.5) is 5.69 Å². The number of aromatic nitrogens is 3. The summed E-state index contributed by atoms with van der Waals surface area (Å²) in [6.45, 7) is 6.58. The van der Waals surface area contributed by atoms with Gasteiger partial charge in [-0.3, -0.25) is 0 Å². The quantitative estimate of drug-likeness (QED) is 0.564. The van der Waals surface area contributed by atoms with Crippen LogP contribution < -0.4 is 10.1 Å². The SMILES string of the molecule is CCn1ncc2c(NC3CCOCC3)c(C3OC=CN3[C@H](C)c3ccc(OC)cc3)cnc21. The van der Waals surface area contributed by atoms with Crippen molar-refractivity contribution >= 4 is 16.7 Å². The first-order valence-corrected chi connectivity index (χ1v) is 11.6. The highest BCUT2D eigenvalue weighted by Crippen LogP contribution is 2.41. The minimum Gasteiger partial charge on any atom is -0.497 e. The maximum Gasteiger partial charge on any atom is 0.201 e. The molecule has 0 saturated carbocycles. The van der Waals surface area contributed by atoms with Gasteiger partial charge in [0.15, 0.2) is 5.65 Å². The second kappa shape index (κ2) is 9.31. The average Bonchev–Trinajstić information content (AvgIpc) is 3.52. The van der Waals surface area contributed by atoms with E-state index in [1.165, 1.54) is 5.56 Å². The van der Waals surface area contributed by atoms with Crippen molar-refractivity contribution in [3.8, 4) is 5.75 Å². The lowest BCUT2D eigenvalue weighted by molar-refractivity contribution is 0.0349. The van der Waals surface area contributed by atoms with Crippen molar-refractivity contribution < 1.29 is 14.2 Å². The highest BCUT2D eigenvalue weighted by molar-refractivity contribution is 5.91. The van der Waals surface area contributed by atoms with Gasteiger partial charge >= 0.3 is 0 Å². The summed E-state index contributed by atoms with van der Waals surface area (Å²) in [5.41, 5.74) is 4.13. The first-order chi connectivity index (χ1) is 16.2. The van der Waals surface area contributed by atoms with Gasteiger partial charge in [-0.25, -0.2) is 9.67 Å². The lowest BCUT2D eigenvalue weighted by Crippen LogP contribution is -2.30. The molecule has 1 saturated heterocycles. The zero-order chi connectivity index (χ0) is 22.8. The molecule has 2 aliphatic heterocycles. The van der Waals surface area contributed by atoms with E-state index in [0.29, 0.717) is 6.04 Å². The molecule has 33 heavy (non-hydrogen) atoms. The molecule has 2 aromatic heterocycles. The van der Waals surface area contributed by atoms with E-state index in [0.717, 1.165) is 60.6 Å². The van der Waals surface area contributed by atoms with Gasteiger partial charge in [-0.05, 0) is 44.4 Å². The largest absolute Gasteiger partial charge is 0.497 e. The zero-order valence-corrected chi connectivity index (χ0v) is 19.4. The summed E-state index contributed by atoms with van der Waals surface area (Å²) >= 11 is 0. The standard InChI is InChI=1S/C25H31N5O3/c1-4-30-24-21(16-27-30)23(28-19-9-12-32-13-10-19)22(15-26-24)25-29(11-14-33-25)17(2)18-5-7-20(31-3)8-6-18/h5-8,11,14-17,19,25H,4,9-10,12-13H2,1-3H3,(H,26,28)/t17-,25?/m1/s1. The van der Waals surface area contributed by atoms with Crippen molar-refractivity contribution in [1.29, 1.82) is 0 Å². The molecule has 1 aromatic carbocycles. The fourth-order valence-electron chi connectivity index (χ4n) is 4.62. The van der Waals surface area contributed by atoms with E-state index in [1.54, 1.807) is 13.4 Å². The second-order valence-corrected chi connectivity index (χ2v) is 8.49. The van der Waals surface area contributed by atoms with Gasteiger partial charge in [0.2, 0.25) is 6.23 Å². The number of ether oxygens (including phenoxy) is 3. The molecule has 0 aliphatic carbocycles. The van der Waals surface area contributed by atoms with Crippen molar-refractivity contribution in [2.75, 3.05) is 25.6 Å². The van der Waals surface area contributed by atoms with Gasteiger partial charge in [0, 0.05) is 38.2 Å². The third kappa shape index (κ3) is 4.11. The Hall–Kier alpha value is -3.26. The third-order valence-corrected chi connectivity index (χ3v) is 6.59. The zero-order valence-electron chi connectivity index (χ0n) is 19.4. The van der Waals surface area contributed by atoms with Gasteiger partial charge in [0.05, 0.1) is 36.0 Å². The molecule has 5 rings (SSSR count). The van der Waals surface area contributed by atoms with Gasteiger partial charge < -0.3 is 24.4 Å². The van der Waals surface area contributed by atoms with Crippen LogP contribution in [0.2, 0.25) is 0 Å².